The van der Waals surface area contributed by atoms with Gasteiger partial charge in [-0.3, -0.25) is 4.79 Å². The normalized spacial score (nSPS) is 14.5. The van der Waals surface area contributed by atoms with Gasteiger partial charge in [0, 0.05) is 31.9 Å². The summed E-state index contributed by atoms with van der Waals surface area (Å²) in [5.74, 6) is 0.0670. The van der Waals surface area contributed by atoms with Crippen molar-refractivity contribution in [1.82, 2.24) is 14.7 Å². The average molecular weight is 346 g/mol. The van der Waals surface area contributed by atoms with Crippen molar-refractivity contribution < 1.29 is 4.79 Å². The first-order valence-electron chi connectivity index (χ1n) is 8.93. The molecule has 132 valence electrons. The van der Waals surface area contributed by atoms with Crippen molar-refractivity contribution in [3.63, 3.8) is 0 Å². The molecule has 1 aliphatic rings. The van der Waals surface area contributed by atoms with E-state index < -0.39 is 0 Å². The highest BCUT2D eigenvalue weighted by atomic mass is 16.2. The highest BCUT2D eigenvalue weighted by molar-refractivity contribution is 5.95. The Morgan fingerprint density at radius 2 is 1.42 bits per heavy atom. The molecule has 1 aliphatic heterocycles. The Balaban J connectivity index is 1.47. The number of carbonyl (C=O) groups excluding carboxylic acids is 1. The van der Waals surface area contributed by atoms with Gasteiger partial charge in [0.05, 0.1) is 23.1 Å². The van der Waals surface area contributed by atoms with Gasteiger partial charge in [0.2, 0.25) is 0 Å². The number of amides is 1. The summed E-state index contributed by atoms with van der Waals surface area (Å²) >= 11 is 0. The first-order valence-corrected chi connectivity index (χ1v) is 8.93. The number of rotatable bonds is 3. The smallest absolute Gasteiger partial charge is 0.257 e. The van der Waals surface area contributed by atoms with Crippen LogP contribution in [0.4, 0.5) is 5.69 Å². The first kappa shape index (κ1) is 16.4. The third-order valence-electron chi connectivity index (χ3n) is 4.93. The van der Waals surface area contributed by atoms with Crippen LogP contribution in [-0.2, 0) is 0 Å². The molecule has 0 radical (unpaired) electrons. The summed E-state index contributed by atoms with van der Waals surface area (Å²) in [6.45, 7) is 5.10. The summed E-state index contributed by atoms with van der Waals surface area (Å²) in [5.41, 5.74) is 3.75. The van der Waals surface area contributed by atoms with Gasteiger partial charge in [-0.2, -0.15) is 5.10 Å². The van der Waals surface area contributed by atoms with Crippen LogP contribution >= 0.6 is 0 Å². The molecule has 0 unspecified atom stereocenters. The van der Waals surface area contributed by atoms with Crippen molar-refractivity contribution in [2.45, 2.75) is 6.92 Å². The number of aromatic nitrogens is 2. The zero-order valence-corrected chi connectivity index (χ0v) is 14.9. The predicted molar refractivity (Wildman–Crippen MR) is 103 cm³/mol. The van der Waals surface area contributed by atoms with E-state index in [0.717, 1.165) is 37.6 Å². The first-order chi connectivity index (χ1) is 12.7. The summed E-state index contributed by atoms with van der Waals surface area (Å²) in [6, 6.07) is 20.3. The quantitative estimate of drug-likeness (QED) is 0.732. The lowest BCUT2D eigenvalue weighted by atomic mass is 10.2. The summed E-state index contributed by atoms with van der Waals surface area (Å²) in [6.07, 6.45) is 1.69. The Labute approximate surface area is 153 Å². The molecule has 0 saturated carbocycles. The lowest BCUT2D eigenvalue weighted by Crippen LogP contribution is -2.48. The van der Waals surface area contributed by atoms with Crippen molar-refractivity contribution in [3.8, 4) is 5.69 Å². The molecule has 4 rings (SSSR count). The van der Waals surface area contributed by atoms with Crippen LogP contribution in [0.3, 0.4) is 0 Å². The van der Waals surface area contributed by atoms with E-state index in [9.17, 15) is 4.79 Å². The molecular weight excluding hydrogens is 324 g/mol. The van der Waals surface area contributed by atoms with Crippen LogP contribution in [0.2, 0.25) is 0 Å². The molecule has 26 heavy (non-hydrogen) atoms. The van der Waals surface area contributed by atoms with Gasteiger partial charge in [-0.05, 0) is 31.2 Å². The van der Waals surface area contributed by atoms with Gasteiger partial charge in [-0.15, -0.1) is 0 Å². The molecule has 5 heteroatoms. The largest absolute Gasteiger partial charge is 0.368 e. The van der Waals surface area contributed by atoms with E-state index in [2.05, 4.69) is 22.1 Å². The van der Waals surface area contributed by atoms with E-state index in [0.29, 0.717) is 5.56 Å². The molecule has 5 nitrogen and oxygen atoms in total. The molecule has 0 aliphatic carbocycles. The van der Waals surface area contributed by atoms with E-state index in [-0.39, 0.29) is 5.91 Å². The Hall–Kier alpha value is -3.08. The standard InChI is InChI=1S/C21H22N4O/c1-17-20(16-22-25(17)19-10-6-3-7-11-19)21(26)24-14-12-23(13-15-24)18-8-4-2-5-9-18/h2-11,16H,12-15H2,1H3. The molecule has 0 atom stereocenters. The number of benzene rings is 2. The monoisotopic (exact) mass is 346 g/mol. The zero-order chi connectivity index (χ0) is 17.9. The van der Waals surface area contributed by atoms with Gasteiger partial charge in [-0.25, -0.2) is 4.68 Å². The minimum absolute atomic E-state index is 0.0670. The highest BCUT2D eigenvalue weighted by Gasteiger charge is 2.25. The lowest BCUT2D eigenvalue weighted by Gasteiger charge is -2.36. The minimum Gasteiger partial charge on any atom is -0.368 e. The van der Waals surface area contributed by atoms with E-state index in [1.54, 1.807) is 6.20 Å². The average Bonchev–Trinajstić information content (AvgIpc) is 3.10. The lowest BCUT2D eigenvalue weighted by molar-refractivity contribution is 0.0746. The molecule has 1 aromatic heterocycles. The molecule has 3 aromatic rings. The summed E-state index contributed by atoms with van der Waals surface area (Å²) in [5, 5.41) is 4.42. The second-order valence-electron chi connectivity index (χ2n) is 6.51. The SMILES string of the molecule is Cc1c(C(=O)N2CCN(c3ccccc3)CC2)cnn1-c1ccccc1. The Morgan fingerprint density at radius 3 is 2.04 bits per heavy atom. The Kier molecular flexibility index (Phi) is 4.44. The van der Waals surface area contributed by atoms with Gasteiger partial charge >= 0.3 is 0 Å². The van der Waals surface area contributed by atoms with Crippen molar-refractivity contribution in [3.05, 3.63) is 78.1 Å². The molecule has 1 amide bonds. The summed E-state index contributed by atoms with van der Waals surface area (Å²) in [4.78, 5) is 17.2. The number of hydrogen-bond acceptors (Lipinski definition) is 3. The highest BCUT2D eigenvalue weighted by Crippen LogP contribution is 2.19. The van der Waals surface area contributed by atoms with E-state index in [4.69, 9.17) is 0 Å². The van der Waals surface area contributed by atoms with E-state index in [1.165, 1.54) is 5.69 Å². The third-order valence-corrected chi connectivity index (χ3v) is 4.93. The van der Waals surface area contributed by atoms with Gasteiger partial charge in [0.1, 0.15) is 0 Å². The van der Waals surface area contributed by atoms with Crippen molar-refractivity contribution in [2.75, 3.05) is 31.1 Å². The van der Waals surface area contributed by atoms with Gasteiger partial charge in [0.25, 0.3) is 5.91 Å². The van der Waals surface area contributed by atoms with Crippen LogP contribution in [-0.4, -0.2) is 46.8 Å². The van der Waals surface area contributed by atoms with Crippen LogP contribution in [0.15, 0.2) is 66.9 Å². The van der Waals surface area contributed by atoms with Crippen LogP contribution < -0.4 is 4.90 Å². The van der Waals surface area contributed by atoms with Crippen molar-refractivity contribution >= 4 is 11.6 Å². The van der Waals surface area contributed by atoms with E-state index in [1.807, 2.05) is 65.0 Å². The molecule has 0 N–H and O–H groups in total. The summed E-state index contributed by atoms with van der Waals surface area (Å²) < 4.78 is 1.83. The minimum atomic E-state index is 0.0670. The van der Waals surface area contributed by atoms with Crippen LogP contribution in [0, 0.1) is 6.92 Å². The fraction of sp³-hybridized carbons (Fsp3) is 0.238. The molecular formula is C21H22N4O. The van der Waals surface area contributed by atoms with Gasteiger partial charge in [-0.1, -0.05) is 36.4 Å². The molecule has 1 fully saturated rings. The predicted octanol–water partition coefficient (Wildman–Crippen LogP) is 3.14. The van der Waals surface area contributed by atoms with E-state index >= 15 is 0 Å². The number of para-hydroxylation sites is 2. The molecule has 2 heterocycles. The second-order valence-corrected chi connectivity index (χ2v) is 6.51. The van der Waals surface area contributed by atoms with Gasteiger partial charge < -0.3 is 9.80 Å². The maximum atomic E-state index is 13.0. The van der Waals surface area contributed by atoms with Crippen molar-refractivity contribution in [1.29, 1.82) is 0 Å². The maximum absolute atomic E-state index is 13.0. The number of piperazine rings is 1. The van der Waals surface area contributed by atoms with Crippen molar-refractivity contribution in [2.24, 2.45) is 0 Å². The van der Waals surface area contributed by atoms with Crippen LogP contribution in [0.25, 0.3) is 5.69 Å². The Morgan fingerprint density at radius 1 is 0.846 bits per heavy atom. The maximum Gasteiger partial charge on any atom is 0.257 e. The topological polar surface area (TPSA) is 41.4 Å². The molecule has 2 aromatic carbocycles. The molecule has 1 saturated heterocycles. The number of hydrogen-bond donors (Lipinski definition) is 0. The van der Waals surface area contributed by atoms with Crippen LogP contribution in [0.5, 0.6) is 0 Å². The molecule has 0 bridgehead atoms. The summed E-state index contributed by atoms with van der Waals surface area (Å²) in [7, 11) is 0. The fourth-order valence-electron chi connectivity index (χ4n) is 3.43. The molecule has 0 spiro atoms. The number of anilines is 1. The fourth-order valence-corrected chi connectivity index (χ4v) is 3.43. The third kappa shape index (κ3) is 3.08. The van der Waals surface area contributed by atoms with Crippen LogP contribution in [0.1, 0.15) is 16.1 Å². The number of nitrogens with zero attached hydrogens (tertiary/aromatic N) is 4. The van der Waals surface area contributed by atoms with Gasteiger partial charge in [0.15, 0.2) is 0 Å². The number of carbonyl (C=O) groups is 1. The Bertz CT molecular complexity index is 881. The second kappa shape index (κ2) is 7.04. The zero-order valence-electron chi connectivity index (χ0n) is 14.9.